The highest BCUT2D eigenvalue weighted by Gasteiger charge is 2.19. The smallest absolute Gasteiger partial charge is 0.251 e. The molecule has 0 aromatic heterocycles. The number of amides is 1. The molecule has 1 aromatic rings. The van der Waals surface area contributed by atoms with Crippen LogP contribution < -0.4 is 10.1 Å². The van der Waals surface area contributed by atoms with Gasteiger partial charge in [0.15, 0.2) is 0 Å². The molecule has 0 radical (unpaired) electrons. The number of rotatable bonds is 10. The van der Waals surface area contributed by atoms with Gasteiger partial charge in [0.05, 0.1) is 12.9 Å². The summed E-state index contributed by atoms with van der Waals surface area (Å²) in [5.74, 6) is 0.282. The van der Waals surface area contributed by atoms with E-state index in [1.807, 2.05) is 13.8 Å². The van der Waals surface area contributed by atoms with Gasteiger partial charge >= 0.3 is 0 Å². The van der Waals surface area contributed by atoms with Gasteiger partial charge in [0.25, 0.3) is 5.91 Å². The van der Waals surface area contributed by atoms with Crippen molar-refractivity contribution < 1.29 is 17.9 Å². The highest BCUT2D eigenvalue weighted by Crippen LogP contribution is 2.11. The van der Waals surface area contributed by atoms with Gasteiger partial charge in [-0.15, -0.1) is 0 Å². The van der Waals surface area contributed by atoms with Gasteiger partial charge in [0.2, 0.25) is 10.0 Å². The summed E-state index contributed by atoms with van der Waals surface area (Å²) in [7, 11) is -1.78. The van der Waals surface area contributed by atoms with Crippen LogP contribution >= 0.6 is 0 Å². The molecule has 0 saturated heterocycles. The lowest BCUT2D eigenvalue weighted by Gasteiger charge is -2.20. The quantitative estimate of drug-likeness (QED) is 0.704. The molecule has 1 rings (SSSR count). The van der Waals surface area contributed by atoms with E-state index in [1.165, 1.54) is 4.31 Å². The number of methoxy groups -OCH3 is 1. The van der Waals surface area contributed by atoms with Crippen molar-refractivity contribution in [2.45, 2.75) is 26.7 Å². The van der Waals surface area contributed by atoms with Gasteiger partial charge in [0.1, 0.15) is 5.75 Å². The van der Waals surface area contributed by atoms with Crippen LogP contribution in [0, 0.1) is 0 Å². The highest BCUT2D eigenvalue weighted by atomic mass is 32.2. The molecule has 0 aliphatic rings. The summed E-state index contributed by atoms with van der Waals surface area (Å²) < 4.78 is 31.0. The zero-order chi connectivity index (χ0) is 17.3. The van der Waals surface area contributed by atoms with E-state index in [4.69, 9.17) is 4.74 Å². The second kappa shape index (κ2) is 9.52. The van der Waals surface area contributed by atoms with Crippen LogP contribution in [0.25, 0.3) is 0 Å². The van der Waals surface area contributed by atoms with Gasteiger partial charge < -0.3 is 10.1 Å². The number of benzene rings is 1. The molecule has 0 saturated carbocycles. The standard InChI is InChI=1S/C16H26N2O4S/c1-4-6-12-18(5-2)23(20,21)13-11-17-16(19)14-7-9-15(22-3)10-8-14/h7-10H,4-6,11-13H2,1-3H3,(H,17,19). The number of sulfonamides is 1. The molecule has 0 fully saturated rings. The van der Waals surface area contributed by atoms with Crippen LogP contribution in [0.15, 0.2) is 24.3 Å². The summed E-state index contributed by atoms with van der Waals surface area (Å²) >= 11 is 0. The Labute approximate surface area is 138 Å². The maximum Gasteiger partial charge on any atom is 0.251 e. The first-order valence-electron chi connectivity index (χ1n) is 7.84. The summed E-state index contributed by atoms with van der Waals surface area (Å²) in [5.41, 5.74) is 0.474. The predicted octanol–water partition coefficient (Wildman–Crippen LogP) is 1.88. The van der Waals surface area contributed by atoms with Gasteiger partial charge in [0, 0.05) is 25.2 Å². The first kappa shape index (κ1) is 19.4. The second-order valence-corrected chi connectivity index (χ2v) is 7.23. The van der Waals surface area contributed by atoms with Crippen molar-refractivity contribution in [1.29, 1.82) is 0 Å². The van der Waals surface area contributed by atoms with Crippen molar-refractivity contribution in [3.05, 3.63) is 29.8 Å². The Bertz CT molecular complexity index is 585. The zero-order valence-corrected chi connectivity index (χ0v) is 14.9. The fourth-order valence-corrected chi connectivity index (χ4v) is 3.51. The third-order valence-corrected chi connectivity index (χ3v) is 5.45. The first-order chi connectivity index (χ1) is 10.9. The van der Waals surface area contributed by atoms with Crippen molar-refractivity contribution in [3.8, 4) is 5.75 Å². The number of carbonyl (C=O) groups excluding carboxylic acids is 1. The molecular weight excluding hydrogens is 316 g/mol. The van der Waals surface area contributed by atoms with E-state index < -0.39 is 10.0 Å². The topological polar surface area (TPSA) is 75.7 Å². The molecule has 0 spiro atoms. The first-order valence-corrected chi connectivity index (χ1v) is 9.45. The molecule has 0 aliphatic heterocycles. The number of hydrogen-bond acceptors (Lipinski definition) is 4. The maximum atomic E-state index is 12.2. The lowest BCUT2D eigenvalue weighted by Crippen LogP contribution is -2.38. The van der Waals surface area contributed by atoms with Gasteiger partial charge in [-0.1, -0.05) is 20.3 Å². The van der Waals surface area contributed by atoms with Crippen LogP contribution in [0.4, 0.5) is 0 Å². The second-order valence-electron chi connectivity index (χ2n) is 5.15. The number of nitrogens with zero attached hydrogens (tertiary/aromatic N) is 1. The molecule has 6 nitrogen and oxygen atoms in total. The van der Waals surface area contributed by atoms with Gasteiger partial charge in [-0.3, -0.25) is 4.79 Å². The molecule has 0 bridgehead atoms. The van der Waals surface area contributed by atoms with Crippen molar-refractivity contribution in [3.63, 3.8) is 0 Å². The molecule has 0 heterocycles. The third kappa shape index (κ3) is 6.19. The SMILES string of the molecule is CCCCN(CC)S(=O)(=O)CCNC(=O)c1ccc(OC)cc1. The van der Waals surface area contributed by atoms with Crippen LogP contribution in [0.5, 0.6) is 5.75 Å². The van der Waals surface area contributed by atoms with E-state index in [0.29, 0.717) is 24.4 Å². The largest absolute Gasteiger partial charge is 0.497 e. The summed E-state index contributed by atoms with van der Waals surface area (Å²) in [6, 6.07) is 6.66. The summed E-state index contributed by atoms with van der Waals surface area (Å²) in [5, 5.41) is 2.64. The number of nitrogens with one attached hydrogen (secondary N) is 1. The Morgan fingerprint density at radius 3 is 2.39 bits per heavy atom. The van der Waals surface area contributed by atoms with E-state index in [2.05, 4.69) is 5.32 Å². The fraction of sp³-hybridized carbons (Fsp3) is 0.562. The molecule has 0 unspecified atom stereocenters. The molecule has 1 N–H and O–H groups in total. The third-order valence-electron chi connectivity index (χ3n) is 3.50. The van der Waals surface area contributed by atoms with Gasteiger partial charge in [-0.05, 0) is 30.7 Å². The molecule has 1 aromatic carbocycles. The van der Waals surface area contributed by atoms with Crippen LogP contribution in [-0.4, -0.2) is 51.1 Å². The minimum Gasteiger partial charge on any atom is -0.497 e. The molecule has 7 heteroatoms. The number of ether oxygens (including phenoxy) is 1. The summed E-state index contributed by atoms with van der Waals surface area (Å²) in [6.07, 6.45) is 1.78. The van der Waals surface area contributed by atoms with Gasteiger partial charge in [-0.2, -0.15) is 0 Å². The van der Waals surface area contributed by atoms with Crippen LogP contribution in [0.2, 0.25) is 0 Å². The number of unbranched alkanes of at least 4 members (excludes halogenated alkanes) is 1. The number of hydrogen-bond donors (Lipinski definition) is 1. The average molecular weight is 342 g/mol. The lowest BCUT2D eigenvalue weighted by atomic mass is 10.2. The van der Waals surface area contributed by atoms with E-state index in [9.17, 15) is 13.2 Å². The van der Waals surface area contributed by atoms with Crippen molar-refractivity contribution in [1.82, 2.24) is 9.62 Å². The summed E-state index contributed by atoms with van der Waals surface area (Å²) in [4.78, 5) is 12.0. The monoisotopic (exact) mass is 342 g/mol. The minimum absolute atomic E-state index is 0.0908. The average Bonchev–Trinajstić information content (AvgIpc) is 2.55. The van der Waals surface area contributed by atoms with Crippen molar-refractivity contribution >= 4 is 15.9 Å². The molecule has 0 aliphatic carbocycles. The predicted molar refractivity (Wildman–Crippen MR) is 91.3 cm³/mol. The fourth-order valence-electron chi connectivity index (χ4n) is 2.10. The lowest BCUT2D eigenvalue weighted by molar-refractivity contribution is 0.0956. The normalized spacial score (nSPS) is 11.5. The Hall–Kier alpha value is -1.60. The van der Waals surface area contributed by atoms with Crippen LogP contribution in [-0.2, 0) is 10.0 Å². The Balaban J connectivity index is 2.52. The Morgan fingerprint density at radius 2 is 1.87 bits per heavy atom. The zero-order valence-electron chi connectivity index (χ0n) is 14.0. The molecule has 130 valence electrons. The Kier molecular flexibility index (Phi) is 8.05. The minimum atomic E-state index is -3.33. The highest BCUT2D eigenvalue weighted by molar-refractivity contribution is 7.89. The maximum absolute atomic E-state index is 12.2. The van der Waals surface area contributed by atoms with E-state index >= 15 is 0 Å². The van der Waals surface area contributed by atoms with Crippen LogP contribution in [0.3, 0.4) is 0 Å². The Morgan fingerprint density at radius 1 is 1.22 bits per heavy atom. The van der Waals surface area contributed by atoms with Crippen LogP contribution in [0.1, 0.15) is 37.0 Å². The van der Waals surface area contributed by atoms with Crippen molar-refractivity contribution in [2.75, 3.05) is 32.5 Å². The number of carbonyl (C=O) groups is 1. The van der Waals surface area contributed by atoms with E-state index in [-0.39, 0.29) is 18.2 Å². The molecule has 23 heavy (non-hydrogen) atoms. The van der Waals surface area contributed by atoms with Crippen molar-refractivity contribution in [2.24, 2.45) is 0 Å². The van der Waals surface area contributed by atoms with Gasteiger partial charge in [-0.25, -0.2) is 12.7 Å². The van der Waals surface area contributed by atoms with E-state index in [0.717, 1.165) is 12.8 Å². The van der Waals surface area contributed by atoms with E-state index in [1.54, 1.807) is 31.4 Å². The summed E-state index contributed by atoms with van der Waals surface area (Å²) in [6.45, 7) is 4.92. The molecule has 0 atom stereocenters. The molecular formula is C16H26N2O4S. The molecule has 1 amide bonds.